The van der Waals surface area contributed by atoms with E-state index in [1.807, 2.05) is 0 Å². The first-order valence-corrected chi connectivity index (χ1v) is 5.13. The zero-order chi connectivity index (χ0) is 9.30. The van der Waals surface area contributed by atoms with Gasteiger partial charge in [-0.25, -0.2) is 0 Å². The molecule has 0 saturated heterocycles. The lowest BCUT2D eigenvalue weighted by atomic mass is 10.4. The molecule has 1 saturated carbocycles. The molecule has 13 heavy (non-hydrogen) atoms. The highest BCUT2D eigenvalue weighted by Gasteiger charge is 2.34. The molecule has 0 bridgehead atoms. The molecule has 9 heteroatoms. The van der Waals surface area contributed by atoms with Gasteiger partial charge in [0.1, 0.15) is 0 Å². The van der Waals surface area contributed by atoms with Crippen molar-refractivity contribution in [3.63, 3.8) is 0 Å². The lowest BCUT2D eigenvalue weighted by molar-refractivity contribution is -0.124. The summed E-state index contributed by atoms with van der Waals surface area (Å²) in [6.45, 7) is 0. The van der Waals surface area contributed by atoms with Crippen LogP contribution in [0.2, 0.25) is 0 Å². The Balaban J connectivity index is 0.00000144. The molecule has 1 amide bonds. The zero-order valence-corrected chi connectivity index (χ0v) is 8.65. The topological polar surface area (TPSA) is 101 Å². The lowest BCUT2D eigenvalue weighted by Gasteiger charge is -2.25. The number of rotatable bonds is 3. The second-order valence-electron chi connectivity index (χ2n) is 2.30. The molecule has 0 aliphatic heterocycles. The van der Waals surface area contributed by atoms with Gasteiger partial charge in [-0.15, -0.1) is 12.4 Å². The molecule has 6 nitrogen and oxygen atoms in total. The Bertz CT molecular complexity index is 241. The van der Waals surface area contributed by atoms with Gasteiger partial charge in [-0.1, -0.05) is 0 Å². The number of halogens is 1. The second kappa shape index (κ2) is 5.01. The van der Waals surface area contributed by atoms with Crippen molar-refractivity contribution in [3.05, 3.63) is 0 Å². The van der Waals surface area contributed by atoms with Gasteiger partial charge in [0.2, 0.25) is 5.91 Å². The van der Waals surface area contributed by atoms with E-state index in [0.29, 0.717) is 12.8 Å². The fraction of sp³-hybridized carbons (Fsp3) is 0.750. The predicted octanol–water partition coefficient (Wildman–Crippen LogP) is -0.765. The second-order valence-corrected chi connectivity index (χ2v) is 4.13. The number of hydrogen-bond donors (Lipinski definition) is 0. The van der Waals surface area contributed by atoms with E-state index in [9.17, 15) is 22.3 Å². The van der Waals surface area contributed by atoms with E-state index in [2.05, 4.69) is 0 Å². The monoisotopic (exact) mass is 247 g/mol. The summed E-state index contributed by atoms with van der Waals surface area (Å²) in [6, 6.07) is 0. The van der Waals surface area contributed by atoms with E-state index < -0.39 is 34.4 Å². The first-order chi connectivity index (χ1) is 5.54. The molecular formula is C4H6ClNO5S2-2. The summed E-state index contributed by atoms with van der Waals surface area (Å²) in [4.78, 5) is 10.9. The van der Waals surface area contributed by atoms with Crippen molar-refractivity contribution in [2.24, 2.45) is 5.92 Å². The maximum absolute atomic E-state index is 10.9. The van der Waals surface area contributed by atoms with Crippen molar-refractivity contribution in [2.75, 3.05) is 0 Å². The van der Waals surface area contributed by atoms with Gasteiger partial charge in [0.15, 0.2) is 0 Å². The van der Waals surface area contributed by atoms with Crippen LogP contribution in [-0.2, 0) is 27.3 Å². The van der Waals surface area contributed by atoms with Crippen molar-refractivity contribution in [2.45, 2.75) is 12.8 Å². The molecule has 0 aromatic carbocycles. The van der Waals surface area contributed by atoms with Crippen molar-refractivity contribution >= 4 is 40.8 Å². The largest absolute Gasteiger partial charge is 0.754 e. The molecule has 0 spiro atoms. The van der Waals surface area contributed by atoms with Crippen LogP contribution in [0.4, 0.5) is 0 Å². The molecule has 0 heterocycles. The van der Waals surface area contributed by atoms with Gasteiger partial charge >= 0.3 is 0 Å². The Hall–Kier alpha value is -0.0200. The number of carbonyl (C=O) groups is 1. The summed E-state index contributed by atoms with van der Waals surface area (Å²) in [6.07, 6.45) is 1.12. The normalized spacial score (nSPS) is 19.8. The van der Waals surface area contributed by atoms with Crippen LogP contribution in [0.1, 0.15) is 12.8 Å². The summed E-state index contributed by atoms with van der Waals surface area (Å²) in [5.74, 6) is -1.29. The van der Waals surface area contributed by atoms with E-state index in [1.165, 1.54) is 0 Å². The van der Waals surface area contributed by atoms with E-state index in [0.717, 1.165) is 0 Å². The zero-order valence-electron chi connectivity index (χ0n) is 6.20. The Labute approximate surface area is 85.9 Å². The molecule has 2 unspecified atom stereocenters. The molecule has 2 atom stereocenters. The minimum Gasteiger partial charge on any atom is -0.754 e. The number of carbonyl (C=O) groups excluding carboxylic acids is 1. The van der Waals surface area contributed by atoms with Gasteiger partial charge in [-0.05, 0) is 12.8 Å². The standard InChI is InChI=1S/C4H7NO5S2.ClH/c6-4(3-1-2-3)5(11(7)8)12(9)10;/h3H,1-2H2,(H,7,8)(H,9,10);1H/p-2. The van der Waals surface area contributed by atoms with E-state index in [4.69, 9.17) is 0 Å². The predicted molar refractivity (Wildman–Crippen MR) is 44.7 cm³/mol. The Morgan fingerprint density at radius 1 is 1.23 bits per heavy atom. The highest BCUT2D eigenvalue weighted by molar-refractivity contribution is 7.93. The van der Waals surface area contributed by atoms with E-state index >= 15 is 0 Å². The highest BCUT2D eigenvalue weighted by atomic mass is 35.5. The third-order valence-electron chi connectivity index (χ3n) is 1.38. The van der Waals surface area contributed by atoms with Gasteiger partial charge in [-0.2, -0.15) is 3.71 Å². The summed E-state index contributed by atoms with van der Waals surface area (Å²) >= 11 is -6.05. The van der Waals surface area contributed by atoms with Crippen molar-refractivity contribution in [3.8, 4) is 0 Å². The quantitative estimate of drug-likeness (QED) is 0.610. The average molecular weight is 248 g/mol. The Kier molecular flexibility index (Phi) is 5.00. The molecule has 0 radical (unpaired) electrons. The lowest BCUT2D eigenvalue weighted by Crippen LogP contribution is -2.35. The maximum Gasteiger partial charge on any atom is 0.247 e. The van der Waals surface area contributed by atoms with Crippen LogP contribution < -0.4 is 0 Å². The van der Waals surface area contributed by atoms with Crippen LogP contribution in [-0.4, -0.2) is 27.1 Å². The van der Waals surface area contributed by atoms with Gasteiger partial charge in [0.25, 0.3) is 0 Å². The molecular weight excluding hydrogens is 242 g/mol. The van der Waals surface area contributed by atoms with Crippen LogP contribution in [0.15, 0.2) is 0 Å². The van der Waals surface area contributed by atoms with Gasteiger partial charge in [-0.3, -0.25) is 13.2 Å². The molecule has 1 fully saturated rings. The molecule has 0 aromatic heterocycles. The van der Waals surface area contributed by atoms with Crippen LogP contribution in [0, 0.1) is 5.92 Å². The Morgan fingerprint density at radius 2 is 1.62 bits per heavy atom. The summed E-state index contributed by atoms with van der Waals surface area (Å²) < 4.78 is 40.7. The SMILES string of the molecule is Cl.O=C(C1CC1)N(S(=O)[O-])S(=O)[O-]. The molecule has 1 rings (SSSR count). The van der Waals surface area contributed by atoms with E-state index in [1.54, 1.807) is 0 Å². The summed E-state index contributed by atoms with van der Waals surface area (Å²) in [5.41, 5.74) is 0. The first-order valence-electron chi connectivity index (χ1n) is 3.06. The molecule has 0 N–H and O–H groups in total. The van der Waals surface area contributed by atoms with Gasteiger partial charge in [0.05, 0.1) is 22.5 Å². The highest BCUT2D eigenvalue weighted by Crippen LogP contribution is 2.31. The minimum absolute atomic E-state index is 0. The molecule has 78 valence electrons. The van der Waals surface area contributed by atoms with Crippen molar-refractivity contribution < 1.29 is 22.3 Å². The summed E-state index contributed by atoms with van der Waals surface area (Å²) in [5, 5.41) is 0. The Morgan fingerprint density at radius 3 is 1.85 bits per heavy atom. The third-order valence-corrected chi connectivity index (χ3v) is 3.01. The van der Waals surface area contributed by atoms with E-state index in [-0.39, 0.29) is 16.1 Å². The average Bonchev–Trinajstić information content (AvgIpc) is 2.64. The number of nitrogens with zero attached hydrogens (tertiary/aromatic N) is 1. The maximum atomic E-state index is 10.9. The minimum atomic E-state index is -3.02. The van der Waals surface area contributed by atoms with Crippen molar-refractivity contribution in [1.29, 1.82) is 0 Å². The fourth-order valence-electron chi connectivity index (χ4n) is 0.676. The first kappa shape index (κ1) is 13.0. The van der Waals surface area contributed by atoms with Crippen LogP contribution >= 0.6 is 12.4 Å². The van der Waals surface area contributed by atoms with Crippen LogP contribution in [0.3, 0.4) is 0 Å². The smallest absolute Gasteiger partial charge is 0.247 e. The third kappa shape index (κ3) is 3.31. The van der Waals surface area contributed by atoms with Crippen molar-refractivity contribution in [1.82, 2.24) is 3.71 Å². The van der Waals surface area contributed by atoms with Crippen LogP contribution in [0.25, 0.3) is 0 Å². The van der Waals surface area contributed by atoms with Gasteiger partial charge < -0.3 is 9.11 Å². The number of hydrogen-bond acceptors (Lipinski definition) is 5. The van der Waals surface area contributed by atoms with Gasteiger partial charge in [0, 0.05) is 5.92 Å². The number of amides is 1. The fourth-order valence-corrected chi connectivity index (χ4v) is 1.67. The van der Waals surface area contributed by atoms with Crippen LogP contribution in [0.5, 0.6) is 0 Å². The molecule has 1 aliphatic carbocycles. The summed E-state index contributed by atoms with van der Waals surface area (Å²) in [7, 11) is 0. The molecule has 1 aliphatic rings. The molecule has 0 aromatic rings.